The molecule has 0 aromatic rings. The van der Waals surface area contributed by atoms with Gasteiger partial charge in [0.25, 0.3) is 0 Å². The third-order valence-corrected chi connectivity index (χ3v) is 2.43. The van der Waals surface area contributed by atoms with Crippen LogP contribution in [0.15, 0.2) is 0 Å². The molecule has 0 spiro atoms. The van der Waals surface area contributed by atoms with E-state index < -0.39 is 0 Å². The Hall–Kier alpha value is -0.280. The van der Waals surface area contributed by atoms with Gasteiger partial charge in [0, 0.05) is 19.0 Å². The number of rotatable bonds is 7. The fourth-order valence-electron chi connectivity index (χ4n) is 0.745. The van der Waals surface area contributed by atoms with E-state index >= 15 is 0 Å². The van der Waals surface area contributed by atoms with Crippen molar-refractivity contribution >= 4 is 17.5 Å². The summed E-state index contributed by atoms with van der Waals surface area (Å²) in [4.78, 5) is 11.2. The lowest BCUT2D eigenvalue weighted by molar-refractivity contribution is -0.126. The molecule has 14 heavy (non-hydrogen) atoms. The largest absolute Gasteiger partial charge is 0.372 e. The minimum Gasteiger partial charge on any atom is -0.372 e. The molecule has 3 nitrogen and oxygen atoms in total. The normalized spacial score (nSPS) is 11.4. The van der Waals surface area contributed by atoms with Crippen LogP contribution < -0.4 is 5.32 Å². The summed E-state index contributed by atoms with van der Waals surface area (Å²) >= 11 is 5.72. The van der Waals surface area contributed by atoms with E-state index in [2.05, 4.69) is 5.32 Å². The Bertz CT molecular complexity index is 172. The fourth-order valence-corrected chi connectivity index (χ4v) is 0.840. The summed E-state index contributed by atoms with van der Waals surface area (Å²) in [5.41, 5.74) is -0.0536. The summed E-state index contributed by atoms with van der Waals surface area (Å²) in [6.07, 6.45) is 0.931. The molecular formula is C10H20ClNO2. The topological polar surface area (TPSA) is 38.3 Å². The third kappa shape index (κ3) is 7.15. The van der Waals surface area contributed by atoms with Gasteiger partial charge in [-0.25, -0.2) is 0 Å². The molecule has 0 aromatic heterocycles. The molecule has 0 aliphatic carbocycles. The van der Waals surface area contributed by atoms with E-state index in [9.17, 15) is 4.79 Å². The van der Waals surface area contributed by atoms with Gasteiger partial charge in [-0.05, 0) is 11.8 Å². The van der Waals surface area contributed by atoms with Gasteiger partial charge >= 0.3 is 0 Å². The molecular weight excluding hydrogens is 202 g/mol. The SMILES string of the molecule is CCCOCC(=O)NCC(C)(C)CCl. The van der Waals surface area contributed by atoms with Crippen LogP contribution in [-0.2, 0) is 9.53 Å². The Morgan fingerprint density at radius 1 is 1.50 bits per heavy atom. The Morgan fingerprint density at radius 3 is 2.64 bits per heavy atom. The molecule has 0 aliphatic heterocycles. The lowest BCUT2D eigenvalue weighted by Gasteiger charge is -2.21. The number of amides is 1. The minimum atomic E-state index is -0.0726. The maximum atomic E-state index is 11.2. The summed E-state index contributed by atoms with van der Waals surface area (Å²) in [5, 5.41) is 2.78. The first-order chi connectivity index (χ1) is 6.52. The summed E-state index contributed by atoms with van der Waals surface area (Å²) in [6, 6.07) is 0. The number of ether oxygens (including phenoxy) is 1. The Labute approximate surface area is 91.2 Å². The molecule has 0 radical (unpaired) electrons. The van der Waals surface area contributed by atoms with Gasteiger partial charge in [-0.2, -0.15) is 0 Å². The molecule has 0 saturated carbocycles. The molecule has 1 N–H and O–H groups in total. The van der Waals surface area contributed by atoms with Crippen molar-refractivity contribution in [1.29, 1.82) is 0 Å². The van der Waals surface area contributed by atoms with Crippen LogP contribution in [0.2, 0.25) is 0 Å². The second-order valence-electron chi connectivity index (χ2n) is 4.13. The van der Waals surface area contributed by atoms with E-state index in [0.29, 0.717) is 19.0 Å². The zero-order valence-electron chi connectivity index (χ0n) is 9.23. The van der Waals surface area contributed by atoms with Crippen molar-refractivity contribution in [3.8, 4) is 0 Å². The van der Waals surface area contributed by atoms with Gasteiger partial charge in [0.1, 0.15) is 6.61 Å². The minimum absolute atomic E-state index is 0.0536. The highest BCUT2D eigenvalue weighted by Crippen LogP contribution is 2.14. The number of carbonyl (C=O) groups excluding carboxylic acids is 1. The van der Waals surface area contributed by atoms with E-state index in [0.717, 1.165) is 6.42 Å². The lowest BCUT2D eigenvalue weighted by Crippen LogP contribution is -2.37. The monoisotopic (exact) mass is 221 g/mol. The van der Waals surface area contributed by atoms with E-state index in [1.807, 2.05) is 20.8 Å². The van der Waals surface area contributed by atoms with Crippen LogP contribution in [0.3, 0.4) is 0 Å². The molecule has 0 saturated heterocycles. The second-order valence-corrected chi connectivity index (χ2v) is 4.39. The van der Waals surface area contributed by atoms with Gasteiger partial charge in [-0.15, -0.1) is 11.6 Å². The second kappa shape index (κ2) is 7.07. The first-order valence-electron chi connectivity index (χ1n) is 4.92. The number of halogens is 1. The quantitative estimate of drug-likeness (QED) is 0.526. The van der Waals surface area contributed by atoms with Crippen LogP contribution in [0, 0.1) is 5.41 Å². The van der Waals surface area contributed by atoms with Crippen molar-refractivity contribution in [2.24, 2.45) is 5.41 Å². The average molecular weight is 222 g/mol. The zero-order valence-corrected chi connectivity index (χ0v) is 9.99. The van der Waals surface area contributed by atoms with Crippen LogP contribution in [0.1, 0.15) is 27.2 Å². The first-order valence-corrected chi connectivity index (χ1v) is 5.45. The Morgan fingerprint density at radius 2 is 2.14 bits per heavy atom. The summed E-state index contributed by atoms with van der Waals surface area (Å²) < 4.78 is 5.10. The molecule has 0 bridgehead atoms. The molecule has 0 heterocycles. The number of hydrogen-bond donors (Lipinski definition) is 1. The summed E-state index contributed by atoms with van der Waals surface area (Å²) in [6.45, 7) is 7.39. The molecule has 0 unspecified atom stereocenters. The van der Waals surface area contributed by atoms with Gasteiger partial charge in [-0.1, -0.05) is 20.8 Å². The molecule has 0 rings (SSSR count). The van der Waals surface area contributed by atoms with Gasteiger partial charge in [0.05, 0.1) is 0 Å². The van der Waals surface area contributed by atoms with Gasteiger partial charge in [0.15, 0.2) is 0 Å². The van der Waals surface area contributed by atoms with Crippen LogP contribution in [0.4, 0.5) is 0 Å². The van der Waals surface area contributed by atoms with Gasteiger partial charge in [0.2, 0.25) is 5.91 Å². The molecule has 1 amide bonds. The zero-order chi connectivity index (χ0) is 11.0. The van der Waals surface area contributed by atoms with E-state index in [1.165, 1.54) is 0 Å². The van der Waals surface area contributed by atoms with Crippen LogP contribution >= 0.6 is 11.6 Å². The molecule has 0 aliphatic rings. The molecule has 0 aromatic carbocycles. The van der Waals surface area contributed by atoms with Crippen LogP contribution in [0.5, 0.6) is 0 Å². The molecule has 84 valence electrons. The van der Waals surface area contributed by atoms with Crippen molar-refractivity contribution in [3.05, 3.63) is 0 Å². The Kier molecular flexibility index (Phi) is 6.93. The standard InChI is InChI=1S/C10H20ClNO2/c1-4-5-14-6-9(13)12-8-10(2,3)7-11/h4-8H2,1-3H3,(H,12,13). The van der Waals surface area contributed by atoms with Crippen LogP contribution in [0.25, 0.3) is 0 Å². The molecule has 0 atom stereocenters. The van der Waals surface area contributed by atoms with Gasteiger partial charge < -0.3 is 10.1 Å². The number of carbonyl (C=O) groups is 1. The highest BCUT2D eigenvalue weighted by Gasteiger charge is 2.17. The summed E-state index contributed by atoms with van der Waals surface area (Å²) in [7, 11) is 0. The smallest absolute Gasteiger partial charge is 0.246 e. The highest BCUT2D eigenvalue weighted by atomic mass is 35.5. The first kappa shape index (κ1) is 13.7. The maximum Gasteiger partial charge on any atom is 0.246 e. The number of nitrogens with one attached hydrogen (secondary N) is 1. The molecule has 0 fully saturated rings. The highest BCUT2D eigenvalue weighted by molar-refractivity contribution is 6.18. The van der Waals surface area contributed by atoms with E-state index in [4.69, 9.17) is 16.3 Å². The fraction of sp³-hybridized carbons (Fsp3) is 0.900. The Balaban J connectivity index is 3.53. The number of hydrogen-bond acceptors (Lipinski definition) is 2. The predicted molar refractivity (Wildman–Crippen MR) is 58.6 cm³/mol. The van der Waals surface area contributed by atoms with Gasteiger partial charge in [-0.3, -0.25) is 4.79 Å². The van der Waals surface area contributed by atoms with Crippen molar-refractivity contribution in [3.63, 3.8) is 0 Å². The van der Waals surface area contributed by atoms with E-state index in [1.54, 1.807) is 0 Å². The lowest BCUT2D eigenvalue weighted by atomic mass is 9.97. The molecule has 4 heteroatoms. The van der Waals surface area contributed by atoms with Crippen molar-refractivity contribution in [2.75, 3.05) is 25.6 Å². The maximum absolute atomic E-state index is 11.2. The average Bonchev–Trinajstić information content (AvgIpc) is 2.16. The van der Waals surface area contributed by atoms with Crippen molar-refractivity contribution in [2.45, 2.75) is 27.2 Å². The third-order valence-electron chi connectivity index (χ3n) is 1.71. The number of alkyl halides is 1. The summed E-state index contributed by atoms with van der Waals surface area (Å²) in [5.74, 6) is 0.458. The van der Waals surface area contributed by atoms with Crippen LogP contribution in [-0.4, -0.2) is 31.5 Å². The van der Waals surface area contributed by atoms with Crippen molar-refractivity contribution < 1.29 is 9.53 Å². The predicted octanol–water partition coefficient (Wildman–Crippen LogP) is 1.79. The van der Waals surface area contributed by atoms with E-state index in [-0.39, 0.29) is 17.9 Å². The van der Waals surface area contributed by atoms with Crippen molar-refractivity contribution in [1.82, 2.24) is 5.32 Å².